The topological polar surface area (TPSA) is 54.5 Å². The van der Waals surface area contributed by atoms with Gasteiger partial charge in [-0.1, -0.05) is 11.6 Å². The second-order valence-corrected chi connectivity index (χ2v) is 7.00. The average molecular weight is 437 g/mol. The molecule has 0 radical (unpaired) electrons. The van der Waals surface area contributed by atoms with Crippen LogP contribution in [0.1, 0.15) is 21.6 Å². The van der Waals surface area contributed by atoms with Gasteiger partial charge < -0.3 is 15.0 Å². The third kappa shape index (κ3) is 3.87. The molecule has 0 saturated carbocycles. The van der Waals surface area contributed by atoms with Gasteiger partial charge in [0.1, 0.15) is 5.82 Å². The summed E-state index contributed by atoms with van der Waals surface area (Å²) in [6.45, 7) is 6.89. The molecular formula is C18H20IN3O2. The minimum atomic E-state index is -0.131. The van der Waals surface area contributed by atoms with Gasteiger partial charge in [-0.25, -0.2) is 4.98 Å². The number of amides is 1. The second-order valence-electron chi connectivity index (χ2n) is 5.84. The van der Waals surface area contributed by atoms with Gasteiger partial charge in [-0.15, -0.1) is 0 Å². The Balaban J connectivity index is 1.87. The van der Waals surface area contributed by atoms with E-state index in [0.29, 0.717) is 24.6 Å². The summed E-state index contributed by atoms with van der Waals surface area (Å²) in [6.07, 6.45) is 0. The van der Waals surface area contributed by atoms with Crippen molar-refractivity contribution in [1.29, 1.82) is 0 Å². The second kappa shape index (κ2) is 7.48. The Labute approximate surface area is 155 Å². The molecule has 1 aliphatic rings. The van der Waals surface area contributed by atoms with Crippen LogP contribution >= 0.6 is 22.6 Å². The third-order valence-electron chi connectivity index (χ3n) is 4.01. The molecule has 0 aliphatic carbocycles. The van der Waals surface area contributed by atoms with E-state index in [1.54, 1.807) is 0 Å². The van der Waals surface area contributed by atoms with Crippen LogP contribution in [0.2, 0.25) is 0 Å². The minimum absolute atomic E-state index is 0.131. The lowest BCUT2D eigenvalue weighted by molar-refractivity contribution is 0.102. The van der Waals surface area contributed by atoms with Crippen LogP contribution in [0.25, 0.3) is 0 Å². The van der Waals surface area contributed by atoms with Gasteiger partial charge in [-0.3, -0.25) is 4.79 Å². The van der Waals surface area contributed by atoms with Crippen molar-refractivity contribution in [3.05, 3.63) is 50.7 Å². The first-order chi connectivity index (χ1) is 11.5. The fourth-order valence-electron chi connectivity index (χ4n) is 2.71. The van der Waals surface area contributed by atoms with Crippen molar-refractivity contribution >= 4 is 40.0 Å². The van der Waals surface area contributed by atoms with Crippen LogP contribution in [0.4, 0.5) is 11.5 Å². The maximum atomic E-state index is 12.8. The molecule has 1 aromatic heterocycles. The molecule has 0 spiro atoms. The summed E-state index contributed by atoms with van der Waals surface area (Å²) in [4.78, 5) is 19.4. The largest absolute Gasteiger partial charge is 0.378 e. The average Bonchev–Trinajstić information content (AvgIpc) is 2.59. The zero-order chi connectivity index (χ0) is 17.1. The maximum absolute atomic E-state index is 12.8. The highest BCUT2D eigenvalue weighted by molar-refractivity contribution is 14.1. The zero-order valence-electron chi connectivity index (χ0n) is 13.8. The Morgan fingerprint density at radius 1 is 1.21 bits per heavy atom. The molecule has 1 amide bonds. The Bertz CT molecular complexity index is 758. The van der Waals surface area contributed by atoms with E-state index in [0.717, 1.165) is 33.6 Å². The van der Waals surface area contributed by atoms with Gasteiger partial charge >= 0.3 is 0 Å². The van der Waals surface area contributed by atoms with E-state index in [-0.39, 0.29) is 5.91 Å². The summed E-state index contributed by atoms with van der Waals surface area (Å²) in [5.74, 6) is 0.445. The third-order valence-corrected chi connectivity index (χ3v) is 5.15. The van der Waals surface area contributed by atoms with E-state index in [9.17, 15) is 4.79 Å². The molecular weight excluding hydrogens is 417 g/mol. The lowest BCUT2D eigenvalue weighted by atomic mass is 10.1. The Morgan fingerprint density at radius 3 is 2.67 bits per heavy atom. The number of halogens is 1. The molecule has 0 bridgehead atoms. The number of ether oxygens (including phenoxy) is 1. The van der Waals surface area contributed by atoms with Crippen molar-refractivity contribution in [3.8, 4) is 0 Å². The standard InChI is InChI=1S/C18H20IN3O2/c1-12-3-5-16(22-7-9-24-10-8-22)14(11-12)18(23)21-17-6-4-15(19)13(2)20-17/h3-6,11H,7-10H2,1-2H3,(H,20,21,23). The number of hydrogen-bond donors (Lipinski definition) is 1. The number of aryl methyl sites for hydroxylation is 2. The number of morpholine rings is 1. The van der Waals surface area contributed by atoms with E-state index in [2.05, 4.69) is 37.8 Å². The lowest BCUT2D eigenvalue weighted by Crippen LogP contribution is -2.37. The summed E-state index contributed by atoms with van der Waals surface area (Å²) < 4.78 is 6.49. The van der Waals surface area contributed by atoms with Crippen molar-refractivity contribution in [2.45, 2.75) is 13.8 Å². The fourth-order valence-corrected chi connectivity index (χ4v) is 3.01. The fraction of sp³-hybridized carbons (Fsp3) is 0.333. The highest BCUT2D eigenvalue weighted by Gasteiger charge is 2.19. The zero-order valence-corrected chi connectivity index (χ0v) is 16.0. The van der Waals surface area contributed by atoms with Gasteiger partial charge in [0, 0.05) is 22.3 Å². The summed E-state index contributed by atoms with van der Waals surface area (Å²) in [6, 6.07) is 9.77. The van der Waals surface area contributed by atoms with E-state index in [4.69, 9.17) is 4.74 Å². The van der Waals surface area contributed by atoms with Gasteiger partial charge in [0.25, 0.3) is 5.91 Å². The molecule has 3 rings (SSSR count). The lowest BCUT2D eigenvalue weighted by Gasteiger charge is -2.30. The van der Waals surface area contributed by atoms with E-state index < -0.39 is 0 Å². The number of benzene rings is 1. The Hall–Kier alpha value is -1.67. The highest BCUT2D eigenvalue weighted by Crippen LogP contribution is 2.24. The molecule has 0 unspecified atom stereocenters. The van der Waals surface area contributed by atoms with Crippen LogP contribution in [0, 0.1) is 17.4 Å². The Kier molecular flexibility index (Phi) is 5.35. The van der Waals surface area contributed by atoms with Gasteiger partial charge in [0.05, 0.1) is 24.5 Å². The van der Waals surface area contributed by atoms with E-state index in [1.807, 2.05) is 44.2 Å². The molecule has 1 fully saturated rings. The van der Waals surface area contributed by atoms with Crippen LogP contribution < -0.4 is 10.2 Å². The molecule has 2 heterocycles. The highest BCUT2D eigenvalue weighted by atomic mass is 127. The molecule has 5 nitrogen and oxygen atoms in total. The smallest absolute Gasteiger partial charge is 0.258 e. The summed E-state index contributed by atoms with van der Waals surface area (Å²) in [5.41, 5.74) is 3.59. The van der Waals surface area contributed by atoms with Crippen LogP contribution in [0.3, 0.4) is 0 Å². The van der Waals surface area contributed by atoms with Crippen molar-refractivity contribution in [1.82, 2.24) is 4.98 Å². The number of nitrogens with zero attached hydrogens (tertiary/aromatic N) is 2. The predicted octanol–water partition coefficient (Wildman–Crippen LogP) is 3.39. The quantitative estimate of drug-likeness (QED) is 0.749. The summed E-state index contributed by atoms with van der Waals surface area (Å²) in [7, 11) is 0. The maximum Gasteiger partial charge on any atom is 0.258 e. The number of carbonyl (C=O) groups excluding carboxylic acids is 1. The summed E-state index contributed by atoms with van der Waals surface area (Å²) >= 11 is 2.23. The number of anilines is 2. The van der Waals surface area contributed by atoms with Gasteiger partial charge in [0.15, 0.2) is 0 Å². The minimum Gasteiger partial charge on any atom is -0.378 e. The Morgan fingerprint density at radius 2 is 1.96 bits per heavy atom. The van der Waals surface area contributed by atoms with Crippen LogP contribution in [-0.2, 0) is 4.74 Å². The van der Waals surface area contributed by atoms with Crippen molar-refractivity contribution < 1.29 is 9.53 Å². The van der Waals surface area contributed by atoms with E-state index >= 15 is 0 Å². The first-order valence-electron chi connectivity index (χ1n) is 7.92. The molecule has 2 aromatic rings. The number of hydrogen-bond acceptors (Lipinski definition) is 4. The van der Waals surface area contributed by atoms with Crippen molar-refractivity contribution in [2.24, 2.45) is 0 Å². The van der Waals surface area contributed by atoms with Gasteiger partial charge in [-0.2, -0.15) is 0 Å². The van der Waals surface area contributed by atoms with Crippen LogP contribution in [-0.4, -0.2) is 37.2 Å². The van der Waals surface area contributed by atoms with Crippen molar-refractivity contribution in [2.75, 3.05) is 36.5 Å². The SMILES string of the molecule is Cc1ccc(N2CCOCC2)c(C(=O)Nc2ccc(I)c(C)n2)c1. The normalized spacial score (nSPS) is 14.5. The first-order valence-corrected chi connectivity index (χ1v) is 9.00. The van der Waals surface area contributed by atoms with E-state index in [1.165, 1.54) is 0 Å². The molecule has 6 heteroatoms. The predicted molar refractivity (Wildman–Crippen MR) is 104 cm³/mol. The van der Waals surface area contributed by atoms with Crippen LogP contribution in [0.15, 0.2) is 30.3 Å². The molecule has 1 saturated heterocycles. The molecule has 1 N–H and O–H groups in total. The number of pyridine rings is 1. The number of rotatable bonds is 3. The molecule has 1 aromatic carbocycles. The molecule has 0 atom stereocenters. The molecule has 1 aliphatic heterocycles. The van der Waals surface area contributed by atoms with Gasteiger partial charge in [0.2, 0.25) is 0 Å². The first kappa shape index (κ1) is 17.2. The summed E-state index contributed by atoms with van der Waals surface area (Å²) in [5, 5.41) is 2.92. The number of nitrogens with one attached hydrogen (secondary N) is 1. The number of carbonyl (C=O) groups is 1. The van der Waals surface area contributed by atoms with Crippen LogP contribution in [0.5, 0.6) is 0 Å². The monoisotopic (exact) mass is 437 g/mol. The molecule has 24 heavy (non-hydrogen) atoms. The molecule has 126 valence electrons. The number of aromatic nitrogens is 1. The van der Waals surface area contributed by atoms with Gasteiger partial charge in [-0.05, 0) is 60.7 Å². The van der Waals surface area contributed by atoms with Crippen molar-refractivity contribution in [3.63, 3.8) is 0 Å².